The van der Waals surface area contributed by atoms with Gasteiger partial charge >= 0.3 is 29.8 Å². The summed E-state index contributed by atoms with van der Waals surface area (Å²) in [5.74, 6) is -6.52. The molecular weight excluding hydrogens is 536 g/mol. The molecule has 5 N–H and O–H groups in total. The van der Waals surface area contributed by atoms with E-state index in [9.17, 15) is 59.6 Å². The summed E-state index contributed by atoms with van der Waals surface area (Å²) in [6.07, 6.45) is 2.01. The predicted molar refractivity (Wildman–Crippen MR) is 135 cm³/mol. The minimum Gasteiger partial charge on any atom is -0.480 e. The van der Waals surface area contributed by atoms with Crippen LogP contribution in [0, 0.1) is 10.1 Å². The summed E-state index contributed by atoms with van der Waals surface area (Å²) >= 11 is 0. The van der Waals surface area contributed by atoms with E-state index >= 15 is 0 Å². The van der Waals surface area contributed by atoms with Crippen molar-refractivity contribution in [1.82, 2.24) is 14.7 Å². The molecule has 2 unspecified atom stereocenters. The lowest BCUT2D eigenvalue weighted by molar-refractivity contribution is -0.384. The first-order valence-electron chi connectivity index (χ1n) is 12.3. The normalized spacial score (nSPS) is 18.0. The molecule has 16 nitrogen and oxygen atoms in total. The van der Waals surface area contributed by atoms with Crippen LogP contribution in [0.15, 0.2) is 24.3 Å². The molecule has 0 radical (unpaired) electrons. The second-order valence-corrected chi connectivity index (χ2v) is 9.49. The number of rotatable bonds is 17. The standard InChI is InChI=1S/C24H32N4O12/c29-20(30)10-25(17-3-1-2-4-18(17)26(11-21(31)32)12-22(33)34)9-19(27(13-23(35)36)14-24(37)38)15-5-7-16(8-6-15)28(39)40/h5-8,17-19H,1-4,9-14H2,(H,29,30)(H,31,32)(H,33,34)(H,35,36)(H,37,38)/t17?,18-,19?/m0/s1. The number of hydrogen-bond donors (Lipinski definition) is 5. The summed E-state index contributed by atoms with van der Waals surface area (Å²) < 4.78 is 0. The number of nitrogens with zero attached hydrogens (tertiary/aromatic N) is 4. The van der Waals surface area contributed by atoms with Crippen LogP contribution in [-0.2, 0) is 24.0 Å². The van der Waals surface area contributed by atoms with Gasteiger partial charge in [-0.1, -0.05) is 25.0 Å². The van der Waals surface area contributed by atoms with Crippen LogP contribution in [0.5, 0.6) is 0 Å². The topological polar surface area (TPSA) is 239 Å². The van der Waals surface area contributed by atoms with Crippen LogP contribution in [0.1, 0.15) is 37.3 Å². The van der Waals surface area contributed by atoms with E-state index in [2.05, 4.69) is 0 Å². The Bertz CT molecular complexity index is 1060. The van der Waals surface area contributed by atoms with Crippen molar-refractivity contribution in [3.05, 3.63) is 39.9 Å². The number of non-ortho nitro benzene ring substituents is 1. The molecule has 1 fully saturated rings. The van der Waals surface area contributed by atoms with Crippen LogP contribution in [0.4, 0.5) is 5.69 Å². The van der Waals surface area contributed by atoms with E-state index in [1.165, 1.54) is 21.9 Å². The Hall–Kier alpha value is -4.15. The van der Waals surface area contributed by atoms with Gasteiger partial charge in [0.05, 0.1) is 37.6 Å². The first-order valence-corrected chi connectivity index (χ1v) is 12.3. The Morgan fingerprint density at radius 2 is 1.12 bits per heavy atom. The van der Waals surface area contributed by atoms with Gasteiger partial charge in [0, 0.05) is 36.8 Å². The van der Waals surface area contributed by atoms with Crippen LogP contribution < -0.4 is 0 Å². The van der Waals surface area contributed by atoms with Crippen molar-refractivity contribution in [1.29, 1.82) is 0 Å². The second-order valence-electron chi connectivity index (χ2n) is 9.49. The number of nitro groups is 1. The van der Waals surface area contributed by atoms with Crippen molar-refractivity contribution in [2.45, 2.75) is 43.8 Å². The smallest absolute Gasteiger partial charge is 0.317 e. The highest BCUT2D eigenvalue weighted by molar-refractivity contribution is 5.73. The first kappa shape index (κ1) is 32.1. The first-order chi connectivity index (χ1) is 18.8. The van der Waals surface area contributed by atoms with Crippen molar-refractivity contribution in [2.75, 3.05) is 39.3 Å². The molecule has 1 aromatic carbocycles. The zero-order chi connectivity index (χ0) is 30.0. The van der Waals surface area contributed by atoms with Gasteiger partial charge in [-0.2, -0.15) is 0 Å². The maximum atomic E-state index is 11.9. The fourth-order valence-electron chi connectivity index (χ4n) is 5.17. The van der Waals surface area contributed by atoms with Crippen molar-refractivity contribution in [3.63, 3.8) is 0 Å². The molecule has 1 aliphatic rings. The van der Waals surface area contributed by atoms with E-state index in [1.807, 2.05) is 0 Å². The minimum absolute atomic E-state index is 0.236. The molecule has 3 atom stereocenters. The average Bonchev–Trinajstić information content (AvgIpc) is 2.84. The van der Waals surface area contributed by atoms with E-state index in [0.717, 1.165) is 17.0 Å². The third-order valence-electron chi connectivity index (χ3n) is 6.66. The maximum absolute atomic E-state index is 11.9. The average molecular weight is 569 g/mol. The molecular formula is C24H32N4O12. The molecule has 40 heavy (non-hydrogen) atoms. The highest BCUT2D eigenvalue weighted by Crippen LogP contribution is 2.31. The quantitative estimate of drug-likeness (QED) is 0.125. The van der Waals surface area contributed by atoms with Crippen LogP contribution in [0.2, 0.25) is 0 Å². The zero-order valence-electron chi connectivity index (χ0n) is 21.5. The largest absolute Gasteiger partial charge is 0.480 e. The maximum Gasteiger partial charge on any atom is 0.317 e. The molecule has 1 saturated carbocycles. The number of carboxylic acid groups (broad SMARTS) is 5. The minimum atomic E-state index is -1.36. The summed E-state index contributed by atoms with van der Waals surface area (Å²) in [7, 11) is 0. The molecule has 0 aromatic heterocycles. The summed E-state index contributed by atoms with van der Waals surface area (Å²) in [4.78, 5) is 72.5. The lowest BCUT2D eigenvalue weighted by Crippen LogP contribution is -2.58. The fourth-order valence-corrected chi connectivity index (χ4v) is 5.17. The summed E-state index contributed by atoms with van der Waals surface area (Å²) in [5, 5.41) is 58.6. The fraction of sp³-hybridized carbons (Fsp3) is 0.542. The molecule has 220 valence electrons. The molecule has 1 aliphatic carbocycles. The van der Waals surface area contributed by atoms with Gasteiger partial charge in [0.2, 0.25) is 0 Å². The zero-order valence-corrected chi connectivity index (χ0v) is 21.5. The Labute approximate surface area is 228 Å². The molecule has 0 bridgehead atoms. The van der Waals surface area contributed by atoms with Crippen LogP contribution >= 0.6 is 0 Å². The molecule has 0 heterocycles. The molecule has 2 rings (SSSR count). The van der Waals surface area contributed by atoms with Crippen LogP contribution in [0.3, 0.4) is 0 Å². The molecule has 0 saturated heterocycles. The highest BCUT2D eigenvalue weighted by Gasteiger charge is 2.38. The van der Waals surface area contributed by atoms with E-state index < -0.39 is 85.6 Å². The third-order valence-corrected chi connectivity index (χ3v) is 6.66. The highest BCUT2D eigenvalue weighted by atomic mass is 16.6. The van der Waals surface area contributed by atoms with Gasteiger partial charge in [0.1, 0.15) is 0 Å². The number of nitro benzene ring substituents is 1. The predicted octanol–water partition coefficient (Wildman–Crippen LogP) is 0.276. The second kappa shape index (κ2) is 14.9. The Morgan fingerprint density at radius 1 is 0.725 bits per heavy atom. The van der Waals surface area contributed by atoms with Crippen molar-refractivity contribution < 1.29 is 54.4 Å². The van der Waals surface area contributed by atoms with Crippen LogP contribution in [0.25, 0.3) is 0 Å². The summed E-state index contributed by atoms with van der Waals surface area (Å²) in [6.45, 7) is -3.53. The lowest BCUT2D eigenvalue weighted by atomic mass is 9.87. The van der Waals surface area contributed by atoms with Crippen molar-refractivity contribution >= 4 is 35.5 Å². The Morgan fingerprint density at radius 3 is 1.52 bits per heavy atom. The molecule has 16 heteroatoms. The van der Waals surface area contributed by atoms with Gasteiger partial charge < -0.3 is 25.5 Å². The van der Waals surface area contributed by atoms with E-state index in [4.69, 9.17) is 0 Å². The molecule has 1 aromatic rings. The van der Waals surface area contributed by atoms with E-state index in [-0.39, 0.29) is 12.2 Å². The number of aliphatic carboxylic acids is 5. The van der Waals surface area contributed by atoms with Crippen molar-refractivity contribution in [2.24, 2.45) is 0 Å². The van der Waals surface area contributed by atoms with Gasteiger partial charge in [-0.05, 0) is 18.4 Å². The Balaban J connectivity index is 2.57. The number of benzene rings is 1. The van der Waals surface area contributed by atoms with E-state index in [1.54, 1.807) is 0 Å². The number of hydrogen-bond acceptors (Lipinski definition) is 10. The van der Waals surface area contributed by atoms with Gasteiger partial charge in [-0.25, -0.2) is 0 Å². The Kier molecular flexibility index (Phi) is 11.9. The number of carboxylic acids is 5. The molecule has 0 amide bonds. The van der Waals surface area contributed by atoms with Gasteiger partial charge in [0.15, 0.2) is 0 Å². The number of carbonyl (C=O) groups is 5. The molecule has 0 aliphatic heterocycles. The SMILES string of the molecule is O=C(O)CN(CC(=O)O)C(CN(CC(=O)O)C1CCCC[C@@H]1N(CC(=O)O)CC(=O)O)c1ccc([N+](=O)[O-])cc1. The van der Waals surface area contributed by atoms with Crippen LogP contribution in [-0.4, -0.2) is 126 Å². The lowest BCUT2D eigenvalue weighted by Gasteiger charge is -2.45. The molecule has 0 spiro atoms. The van der Waals surface area contributed by atoms with Crippen molar-refractivity contribution in [3.8, 4) is 0 Å². The van der Waals surface area contributed by atoms with Gasteiger partial charge in [0.25, 0.3) is 5.69 Å². The van der Waals surface area contributed by atoms with Gasteiger partial charge in [-0.15, -0.1) is 0 Å². The third kappa shape index (κ3) is 9.87. The van der Waals surface area contributed by atoms with E-state index in [0.29, 0.717) is 31.2 Å². The summed E-state index contributed by atoms with van der Waals surface area (Å²) in [6, 6.07) is 2.59. The monoisotopic (exact) mass is 568 g/mol. The van der Waals surface area contributed by atoms with Gasteiger partial charge in [-0.3, -0.25) is 48.8 Å². The summed E-state index contributed by atoms with van der Waals surface area (Å²) in [5.41, 5.74) is 0.0296.